The van der Waals surface area contributed by atoms with Gasteiger partial charge in [0.2, 0.25) is 0 Å². The summed E-state index contributed by atoms with van der Waals surface area (Å²) in [5.41, 5.74) is 18.3. The number of nitrogens with zero attached hydrogens (tertiary/aromatic N) is 1. The fourth-order valence-corrected chi connectivity index (χ4v) is 11.6. The summed E-state index contributed by atoms with van der Waals surface area (Å²) >= 11 is 0. The molecule has 62 heavy (non-hydrogen) atoms. The van der Waals surface area contributed by atoms with Crippen LogP contribution in [0.5, 0.6) is 0 Å². The van der Waals surface area contributed by atoms with E-state index in [0.29, 0.717) is 0 Å². The van der Waals surface area contributed by atoms with Crippen LogP contribution < -0.4 is 4.90 Å². The van der Waals surface area contributed by atoms with Gasteiger partial charge in [-0.3, -0.25) is 0 Å². The van der Waals surface area contributed by atoms with Crippen molar-refractivity contribution in [1.29, 1.82) is 0 Å². The lowest BCUT2D eigenvalue weighted by Crippen LogP contribution is -2.21. The number of fused-ring (bicyclic) bond motifs is 16. The Hall–Kier alpha value is -7.42. The van der Waals surface area contributed by atoms with Crippen molar-refractivity contribution in [3.05, 3.63) is 210 Å². The topological polar surface area (TPSA) is 16.4 Å². The number of furan rings is 1. The van der Waals surface area contributed by atoms with Gasteiger partial charge in [-0.15, -0.1) is 0 Å². The average Bonchev–Trinajstić information content (AvgIpc) is 3.89. The molecule has 0 saturated carbocycles. The van der Waals surface area contributed by atoms with Crippen molar-refractivity contribution in [3.63, 3.8) is 0 Å². The molecule has 2 heteroatoms. The molecule has 1 aromatic heterocycles. The second-order valence-corrected chi connectivity index (χ2v) is 18.4. The van der Waals surface area contributed by atoms with Crippen LogP contribution in [0, 0.1) is 0 Å². The Balaban J connectivity index is 1.02. The molecule has 0 radical (unpaired) electrons. The maximum absolute atomic E-state index is 6.40. The van der Waals surface area contributed by atoms with E-state index in [1.165, 1.54) is 105 Å². The van der Waals surface area contributed by atoms with Crippen LogP contribution in [0.25, 0.3) is 87.6 Å². The summed E-state index contributed by atoms with van der Waals surface area (Å²) in [7, 11) is 0. The first-order valence-corrected chi connectivity index (χ1v) is 21.8. The summed E-state index contributed by atoms with van der Waals surface area (Å²) in [6.07, 6.45) is 0. The zero-order valence-electron chi connectivity index (χ0n) is 35.3. The fraction of sp³-hybridized carbons (Fsp3) is 0.100. The molecule has 0 amide bonds. The average molecular weight is 794 g/mol. The van der Waals surface area contributed by atoms with Gasteiger partial charge in [-0.1, -0.05) is 167 Å². The Morgan fingerprint density at radius 3 is 1.68 bits per heavy atom. The molecule has 13 rings (SSSR count). The zero-order chi connectivity index (χ0) is 41.5. The summed E-state index contributed by atoms with van der Waals surface area (Å²) < 4.78 is 6.40. The van der Waals surface area contributed by atoms with Gasteiger partial charge in [0.05, 0.1) is 5.69 Å². The highest BCUT2D eigenvalue weighted by Crippen LogP contribution is 2.56. The minimum absolute atomic E-state index is 0.122. The molecule has 0 atom stereocenters. The van der Waals surface area contributed by atoms with Crippen molar-refractivity contribution in [2.45, 2.75) is 38.5 Å². The largest absolute Gasteiger partial charge is 0.456 e. The smallest absolute Gasteiger partial charge is 0.136 e. The Morgan fingerprint density at radius 2 is 0.903 bits per heavy atom. The van der Waals surface area contributed by atoms with Crippen molar-refractivity contribution in [3.8, 4) is 33.4 Å². The minimum atomic E-state index is -0.186. The van der Waals surface area contributed by atoms with E-state index in [0.717, 1.165) is 22.2 Å². The van der Waals surface area contributed by atoms with E-state index in [9.17, 15) is 0 Å². The molecule has 0 unspecified atom stereocenters. The first-order valence-electron chi connectivity index (χ1n) is 21.8. The maximum Gasteiger partial charge on any atom is 0.136 e. The molecule has 2 aliphatic rings. The molecule has 0 saturated heterocycles. The van der Waals surface area contributed by atoms with Crippen LogP contribution in [-0.4, -0.2) is 0 Å². The molecule has 0 fully saturated rings. The monoisotopic (exact) mass is 793 g/mol. The normalized spacial score (nSPS) is 14.4. The Morgan fingerprint density at radius 1 is 0.355 bits per heavy atom. The van der Waals surface area contributed by atoms with Crippen LogP contribution in [0.15, 0.2) is 192 Å². The van der Waals surface area contributed by atoms with E-state index >= 15 is 0 Å². The lowest BCUT2D eigenvalue weighted by atomic mass is 9.81. The summed E-state index contributed by atoms with van der Waals surface area (Å²) in [5, 5.41) is 9.84. The summed E-state index contributed by atoms with van der Waals surface area (Å²) in [4.78, 5) is 2.52. The number of hydrogen-bond acceptors (Lipinski definition) is 2. The second kappa shape index (κ2) is 12.6. The highest BCUT2D eigenvalue weighted by Gasteiger charge is 2.40. The number of anilines is 3. The van der Waals surface area contributed by atoms with Gasteiger partial charge in [0, 0.05) is 38.4 Å². The van der Waals surface area contributed by atoms with Gasteiger partial charge < -0.3 is 9.32 Å². The number of para-hydroxylation sites is 1. The fourth-order valence-electron chi connectivity index (χ4n) is 11.6. The van der Waals surface area contributed by atoms with Gasteiger partial charge in [-0.25, -0.2) is 0 Å². The van der Waals surface area contributed by atoms with Crippen molar-refractivity contribution in [2.24, 2.45) is 0 Å². The summed E-state index contributed by atoms with van der Waals surface area (Å²) in [6, 6.07) is 69.8. The minimum Gasteiger partial charge on any atom is -0.456 e. The van der Waals surface area contributed by atoms with Crippen LogP contribution in [0.2, 0.25) is 0 Å². The Labute approximate surface area is 361 Å². The third-order valence-corrected chi connectivity index (χ3v) is 14.4. The van der Waals surface area contributed by atoms with E-state index in [4.69, 9.17) is 4.42 Å². The number of hydrogen-bond donors (Lipinski definition) is 0. The highest BCUT2D eigenvalue weighted by atomic mass is 16.3. The van der Waals surface area contributed by atoms with Gasteiger partial charge in [0.15, 0.2) is 0 Å². The molecule has 0 bridgehead atoms. The lowest BCUT2D eigenvalue weighted by molar-refractivity contribution is 0.658. The van der Waals surface area contributed by atoms with Crippen molar-refractivity contribution < 1.29 is 4.42 Å². The van der Waals surface area contributed by atoms with Crippen molar-refractivity contribution in [1.82, 2.24) is 0 Å². The molecule has 294 valence electrons. The van der Waals surface area contributed by atoms with Gasteiger partial charge in [-0.05, 0) is 131 Å². The molecule has 0 aliphatic heterocycles. The van der Waals surface area contributed by atoms with Crippen LogP contribution >= 0.6 is 0 Å². The predicted octanol–water partition coefficient (Wildman–Crippen LogP) is 16.8. The van der Waals surface area contributed by atoms with Gasteiger partial charge in [0.25, 0.3) is 0 Å². The first kappa shape index (κ1) is 35.3. The molecular weight excluding hydrogens is 751 g/mol. The molecule has 2 nitrogen and oxygen atoms in total. The van der Waals surface area contributed by atoms with Crippen LogP contribution in [0.1, 0.15) is 49.9 Å². The molecule has 0 N–H and O–H groups in total. The summed E-state index contributed by atoms with van der Waals surface area (Å²) in [5.74, 6) is 0. The van der Waals surface area contributed by atoms with E-state index in [2.05, 4.69) is 221 Å². The van der Waals surface area contributed by atoms with Crippen molar-refractivity contribution in [2.75, 3.05) is 4.90 Å². The van der Waals surface area contributed by atoms with E-state index in [-0.39, 0.29) is 10.8 Å². The second-order valence-electron chi connectivity index (χ2n) is 18.4. The predicted molar refractivity (Wildman–Crippen MR) is 261 cm³/mol. The Bertz CT molecular complexity index is 3660. The molecular formula is C60H43NO. The Kier molecular flexibility index (Phi) is 7.16. The SMILES string of the molecule is CC1(C)c2ccccc2-c2ccc(N(c3ccc(-c4cccc5c6ccc7oc8ccccc8c7c6c6ccccc6c45)cc3)c3cccc4c3C(C)(C)c3ccccc3-4)cc21. The number of benzene rings is 10. The van der Waals surface area contributed by atoms with Gasteiger partial charge in [0.1, 0.15) is 11.2 Å². The van der Waals surface area contributed by atoms with Gasteiger partial charge in [-0.2, -0.15) is 0 Å². The maximum atomic E-state index is 6.40. The van der Waals surface area contributed by atoms with Crippen LogP contribution in [0.4, 0.5) is 17.1 Å². The third kappa shape index (κ3) is 4.70. The van der Waals surface area contributed by atoms with Gasteiger partial charge >= 0.3 is 0 Å². The molecule has 11 aromatic rings. The van der Waals surface area contributed by atoms with E-state index in [1.807, 2.05) is 0 Å². The molecule has 1 heterocycles. The number of rotatable bonds is 4. The molecule has 0 spiro atoms. The quantitative estimate of drug-likeness (QED) is 0.165. The zero-order valence-corrected chi connectivity index (χ0v) is 35.3. The molecule has 10 aromatic carbocycles. The highest BCUT2D eigenvalue weighted by molar-refractivity contribution is 6.36. The van der Waals surface area contributed by atoms with E-state index in [1.54, 1.807) is 0 Å². The van der Waals surface area contributed by atoms with Crippen LogP contribution in [-0.2, 0) is 10.8 Å². The lowest BCUT2D eigenvalue weighted by Gasteiger charge is -2.33. The first-order chi connectivity index (χ1) is 30.3. The summed E-state index contributed by atoms with van der Waals surface area (Å²) in [6.45, 7) is 9.52. The van der Waals surface area contributed by atoms with Crippen LogP contribution in [0.3, 0.4) is 0 Å². The standard InChI is InChI=1S/C60H43NO/c1-59(2)49-23-10-7-15-40(49)42-32-31-38(35-51(42)59)61(52-25-14-22-47-41-16-8-11-24-50(41)60(3,4)58(47)52)37-29-27-36(28-30-37)39-20-13-21-44-46-33-34-54-57(48-19-9-12-26-53(48)62-54)56(46)45-18-6-5-17-43(45)55(39)44/h5-35H,1-4H3. The van der Waals surface area contributed by atoms with Crippen molar-refractivity contribution >= 4 is 71.3 Å². The third-order valence-electron chi connectivity index (χ3n) is 14.4. The molecule has 2 aliphatic carbocycles. The van der Waals surface area contributed by atoms with E-state index < -0.39 is 0 Å².